The van der Waals surface area contributed by atoms with Gasteiger partial charge in [0.25, 0.3) is 0 Å². The summed E-state index contributed by atoms with van der Waals surface area (Å²) in [6.07, 6.45) is 1.83. The number of thiazole rings is 1. The van der Waals surface area contributed by atoms with Crippen molar-refractivity contribution in [3.63, 3.8) is 0 Å². The van der Waals surface area contributed by atoms with E-state index in [0.29, 0.717) is 23.3 Å². The van der Waals surface area contributed by atoms with Crippen molar-refractivity contribution < 1.29 is 14.3 Å². The lowest BCUT2D eigenvalue weighted by Crippen LogP contribution is -2.07. The molecule has 6 nitrogen and oxygen atoms in total. The van der Waals surface area contributed by atoms with Crippen LogP contribution in [0.4, 0.5) is 5.13 Å². The third-order valence-corrected chi connectivity index (χ3v) is 4.09. The molecule has 2 rings (SSSR count). The van der Waals surface area contributed by atoms with Gasteiger partial charge in [0.15, 0.2) is 0 Å². The summed E-state index contributed by atoms with van der Waals surface area (Å²) in [7, 11) is 1.61. The van der Waals surface area contributed by atoms with Crippen LogP contribution in [-0.2, 0) is 21.8 Å². The maximum atomic E-state index is 11.4. The molecule has 24 heavy (non-hydrogen) atoms. The average molecular weight is 368 g/mol. The van der Waals surface area contributed by atoms with Gasteiger partial charge >= 0.3 is 5.97 Å². The fourth-order valence-corrected chi connectivity index (χ4v) is 2.81. The highest BCUT2D eigenvalue weighted by Crippen LogP contribution is 2.21. The fourth-order valence-electron chi connectivity index (χ4n) is 1.94. The first kappa shape index (κ1) is 18.2. The summed E-state index contributed by atoms with van der Waals surface area (Å²) in [5.74, 6) is 0.824. The average Bonchev–Trinajstić information content (AvgIpc) is 3.02. The quantitative estimate of drug-likeness (QED) is 0.335. The topological polar surface area (TPSA) is 72.8 Å². The van der Waals surface area contributed by atoms with E-state index in [4.69, 9.17) is 21.1 Å². The van der Waals surface area contributed by atoms with Crippen molar-refractivity contribution in [3.05, 3.63) is 40.4 Å². The second-order valence-electron chi connectivity index (χ2n) is 4.70. The minimum absolute atomic E-state index is 0.160. The van der Waals surface area contributed by atoms with Gasteiger partial charge in [0.05, 0.1) is 37.9 Å². The molecular formula is C16H18ClN3O3S. The second kappa shape index (κ2) is 9.24. The van der Waals surface area contributed by atoms with Crippen LogP contribution in [0.1, 0.15) is 23.7 Å². The predicted molar refractivity (Wildman–Crippen MR) is 96.2 cm³/mol. The highest BCUT2D eigenvalue weighted by molar-refractivity contribution is 7.13. The van der Waals surface area contributed by atoms with E-state index in [1.165, 1.54) is 11.3 Å². The van der Waals surface area contributed by atoms with Gasteiger partial charge < -0.3 is 9.47 Å². The van der Waals surface area contributed by atoms with Crippen molar-refractivity contribution in [2.75, 3.05) is 19.1 Å². The van der Waals surface area contributed by atoms with Crippen LogP contribution in [0.2, 0.25) is 0 Å². The zero-order valence-corrected chi connectivity index (χ0v) is 15.0. The van der Waals surface area contributed by atoms with Crippen molar-refractivity contribution in [3.8, 4) is 5.75 Å². The normalized spacial score (nSPS) is 10.8. The molecule has 0 saturated heterocycles. The number of hydrogen-bond donors (Lipinski definition) is 1. The highest BCUT2D eigenvalue weighted by atomic mass is 35.5. The SMILES string of the molecule is CCOC(=O)Cc1csc(NN=Cc2ccc(OC)c(CCl)c2)n1. The van der Waals surface area contributed by atoms with Gasteiger partial charge in [-0.05, 0) is 30.7 Å². The van der Waals surface area contributed by atoms with E-state index in [1.807, 2.05) is 18.2 Å². The summed E-state index contributed by atoms with van der Waals surface area (Å²) in [6.45, 7) is 2.14. The molecule has 0 atom stereocenters. The molecule has 2 aromatic rings. The number of aromatic nitrogens is 1. The number of anilines is 1. The number of halogens is 1. The zero-order chi connectivity index (χ0) is 17.4. The fraction of sp³-hybridized carbons (Fsp3) is 0.312. The Balaban J connectivity index is 1.94. The lowest BCUT2D eigenvalue weighted by atomic mass is 10.1. The van der Waals surface area contributed by atoms with Gasteiger partial charge in [-0.1, -0.05) is 0 Å². The predicted octanol–water partition coefficient (Wildman–Crippen LogP) is 3.44. The minimum Gasteiger partial charge on any atom is -0.496 e. The van der Waals surface area contributed by atoms with Crippen LogP contribution >= 0.6 is 22.9 Å². The summed E-state index contributed by atoms with van der Waals surface area (Å²) in [4.78, 5) is 15.7. The molecule has 128 valence electrons. The molecule has 0 fully saturated rings. The number of nitrogens with one attached hydrogen (secondary N) is 1. The van der Waals surface area contributed by atoms with Crippen LogP contribution in [0.15, 0.2) is 28.7 Å². The molecule has 0 radical (unpaired) electrons. The molecule has 0 bridgehead atoms. The van der Waals surface area contributed by atoms with Crippen LogP contribution in [-0.4, -0.2) is 30.9 Å². The van der Waals surface area contributed by atoms with Gasteiger partial charge in [0.2, 0.25) is 5.13 Å². The smallest absolute Gasteiger partial charge is 0.311 e. The number of alkyl halides is 1. The van der Waals surface area contributed by atoms with Crippen LogP contribution in [0.3, 0.4) is 0 Å². The number of ether oxygens (including phenoxy) is 2. The van der Waals surface area contributed by atoms with E-state index in [1.54, 1.807) is 25.6 Å². The molecule has 1 heterocycles. The molecule has 0 unspecified atom stereocenters. The number of hydrogen-bond acceptors (Lipinski definition) is 7. The minimum atomic E-state index is -0.287. The standard InChI is InChI=1S/C16H18ClN3O3S/c1-3-23-15(21)7-13-10-24-16(19-13)20-18-9-11-4-5-14(22-2)12(6-11)8-17/h4-6,9-10H,3,7-8H2,1-2H3,(H,19,20). The second-order valence-corrected chi connectivity index (χ2v) is 5.83. The van der Waals surface area contributed by atoms with E-state index in [9.17, 15) is 4.79 Å². The first-order valence-corrected chi connectivity index (χ1v) is 8.69. The molecular weight excluding hydrogens is 350 g/mol. The molecule has 0 spiro atoms. The van der Waals surface area contributed by atoms with E-state index in [-0.39, 0.29) is 12.4 Å². The van der Waals surface area contributed by atoms with Gasteiger partial charge in [-0.2, -0.15) is 5.10 Å². The number of methoxy groups -OCH3 is 1. The van der Waals surface area contributed by atoms with Crippen LogP contribution in [0.5, 0.6) is 5.75 Å². The monoisotopic (exact) mass is 367 g/mol. The Labute approximate surface area is 149 Å². The number of rotatable bonds is 8. The Morgan fingerprint density at radius 3 is 3.04 bits per heavy atom. The Kier molecular flexibility index (Phi) is 7.02. The number of esters is 1. The van der Waals surface area contributed by atoms with Crippen molar-refractivity contribution in [1.29, 1.82) is 0 Å². The number of benzene rings is 1. The summed E-state index contributed by atoms with van der Waals surface area (Å²) in [6, 6.07) is 5.64. The summed E-state index contributed by atoms with van der Waals surface area (Å²) in [5, 5.41) is 6.55. The first-order valence-electron chi connectivity index (χ1n) is 7.28. The largest absolute Gasteiger partial charge is 0.496 e. The van der Waals surface area contributed by atoms with E-state index in [0.717, 1.165) is 16.9 Å². The Morgan fingerprint density at radius 2 is 2.33 bits per heavy atom. The van der Waals surface area contributed by atoms with Crippen molar-refractivity contribution in [2.24, 2.45) is 5.10 Å². The number of hydrazone groups is 1. The molecule has 1 aromatic heterocycles. The van der Waals surface area contributed by atoms with Crippen molar-refractivity contribution in [1.82, 2.24) is 4.98 Å². The van der Waals surface area contributed by atoms with Crippen molar-refractivity contribution >= 4 is 40.3 Å². The van der Waals surface area contributed by atoms with Gasteiger partial charge in [-0.3, -0.25) is 10.2 Å². The number of carbonyl (C=O) groups is 1. The van der Waals surface area contributed by atoms with Crippen LogP contribution < -0.4 is 10.2 Å². The molecule has 0 aliphatic rings. The lowest BCUT2D eigenvalue weighted by Gasteiger charge is -2.06. The van der Waals surface area contributed by atoms with Crippen LogP contribution in [0, 0.1) is 0 Å². The Bertz CT molecular complexity index is 718. The molecule has 0 aliphatic carbocycles. The molecule has 1 N–H and O–H groups in total. The Morgan fingerprint density at radius 1 is 1.50 bits per heavy atom. The molecule has 0 saturated carbocycles. The Hall–Kier alpha value is -2.12. The highest BCUT2D eigenvalue weighted by Gasteiger charge is 2.08. The number of carbonyl (C=O) groups excluding carboxylic acids is 1. The van der Waals surface area contributed by atoms with Crippen molar-refractivity contribution in [2.45, 2.75) is 19.2 Å². The maximum Gasteiger partial charge on any atom is 0.311 e. The lowest BCUT2D eigenvalue weighted by molar-refractivity contribution is -0.142. The molecule has 8 heteroatoms. The van der Waals surface area contributed by atoms with Gasteiger partial charge in [-0.15, -0.1) is 22.9 Å². The van der Waals surface area contributed by atoms with Crippen LogP contribution in [0.25, 0.3) is 0 Å². The molecule has 0 amide bonds. The zero-order valence-electron chi connectivity index (χ0n) is 13.4. The van der Waals surface area contributed by atoms with E-state index < -0.39 is 0 Å². The van der Waals surface area contributed by atoms with Gasteiger partial charge in [0.1, 0.15) is 5.75 Å². The van der Waals surface area contributed by atoms with E-state index in [2.05, 4.69) is 15.5 Å². The van der Waals surface area contributed by atoms with Gasteiger partial charge in [0, 0.05) is 10.9 Å². The third kappa shape index (κ3) is 5.21. The molecule has 0 aliphatic heterocycles. The third-order valence-electron chi connectivity index (χ3n) is 3.00. The maximum absolute atomic E-state index is 11.4. The van der Waals surface area contributed by atoms with E-state index >= 15 is 0 Å². The summed E-state index contributed by atoms with van der Waals surface area (Å²) < 4.78 is 10.1. The number of nitrogens with zero attached hydrogens (tertiary/aromatic N) is 2. The van der Waals surface area contributed by atoms with Gasteiger partial charge in [-0.25, -0.2) is 4.98 Å². The summed E-state index contributed by atoms with van der Waals surface area (Å²) >= 11 is 7.27. The molecule has 1 aromatic carbocycles. The first-order chi connectivity index (χ1) is 11.7. The summed E-state index contributed by atoms with van der Waals surface area (Å²) in [5.41, 5.74) is 5.29.